The van der Waals surface area contributed by atoms with Crippen molar-refractivity contribution in [3.05, 3.63) is 82.9 Å². The molecule has 1 nitrogen and oxygen atoms in total. The maximum atomic E-state index is 15.3. The van der Waals surface area contributed by atoms with Crippen LogP contribution in [0.2, 0.25) is 0 Å². The second-order valence-electron chi connectivity index (χ2n) is 12.3. The Bertz CT molecular complexity index is 1280. The normalized spacial score (nSPS) is 17.0. The first-order valence-electron chi connectivity index (χ1n) is 16.6. The van der Waals surface area contributed by atoms with E-state index in [9.17, 15) is 4.39 Å². The van der Waals surface area contributed by atoms with Crippen LogP contribution in [0.5, 0.6) is 0 Å². The topological polar surface area (TPSA) is 9.23 Å². The molecule has 43 heavy (non-hydrogen) atoms. The molecule has 1 saturated heterocycles. The molecule has 3 aromatic rings. The quantitative estimate of drug-likeness (QED) is 0.118. The number of unbranched alkanes of at least 4 members (excludes halogenated alkanes) is 9. The van der Waals surface area contributed by atoms with Gasteiger partial charge < -0.3 is 4.74 Å². The molecular formula is C38H48F4O. The van der Waals surface area contributed by atoms with Crippen molar-refractivity contribution >= 4 is 0 Å². The molecule has 0 aliphatic carbocycles. The maximum absolute atomic E-state index is 15.3. The van der Waals surface area contributed by atoms with Crippen LogP contribution in [0.25, 0.3) is 22.3 Å². The van der Waals surface area contributed by atoms with Gasteiger partial charge in [-0.05, 0) is 54.7 Å². The van der Waals surface area contributed by atoms with Gasteiger partial charge in [0.25, 0.3) is 0 Å². The van der Waals surface area contributed by atoms with Crippen LogP contribution >= 0.6 is 0 Å². The van der Waals surface area contributed by atoms with E-state index in [0.29, 0.717) is 42.1 Å². The van der Waals surface area contributed by atoms with Gasteiger partial charge in [0.1, 0.15) is 0 Å². The summed E-state index contributed by atoms with van der Waals surface area (Å²) in [6.45, 7) is 4.96. The first-order chi connectivity index (χ1) is 20.9. The van der Waals surface area contributed by atoms with E-state index in [2.05, 4.69) is 13.8 Å². The minimum atomic E-state index is -0.914. The van der Waals surface area contributed by atoms with E-state index in [-0.39, 0.29) is 16.7 Å². The Balaban J connectivity index is 1.37. The van der Waals surface area contributed by atoms with Crippen LogP contribution in [0.15, 0.2) is 48.5 Å². The zero-order valence-electron chi connectivity index (χ0n) is 26.0. The molecule has 234 valence electrons. The molecule has 0 spiro atoms. The lowest BCUT2D eigenvalue weighted by atomic mass is 9.90. The summed E-state index contributed by atoms with van der Waals surface area (Å²) in [5.41, 5.74) is 1.91. The zero-order valence-corrected chi connectivity index (χ0v) is 26.0. The third-order valence-electron chi connectivity index (χ3n) is 9.01. The SMILES string of the molecule is CCCCCCCCc1ccc(-c2ccc(-c3ccc(C4CCC(CCCCCCC)CO4)c(F)c3F)cc2)c(F)c1F. The van der Waals surface area contributed by atoms with E-state index in [0.717, 1.165) is 32.1 Å². The Morgan fingerprint density at radius 3 is 1.74 bits per heavy atom. The number of aryl methyl sites for hydroxylation is 1. The molecule has 0 radical (unpaired) electrons. The summed E-state index contributed by atoms with van der Waals surface area (Å²) in [6, 6.07) is 13.0. The van der Waals surface area contributed by atoms with Crippen LogP contribution in [0, 0.1) is 29.2 Å². The molecule has 0 saturated carbocycles. The largest absolute Gasteiger partial charge is 0.373 e. The van der Waals surface area contributed by atoms with Gasteiger partial charge in [0.2, 0.25) is 0 Å². The van der Waals surface area contributed by atoms with Crippen LogP contribution in [-0.4, -0.2) is 6.61 Å². The number of rotatable bonds is 16. The summed E-state index contributed by atoms with van der Waals surface area (Å²) in [4.78, 5) is 0. The van der Waals surface area contributed by atoms with E-state index >= 15 is 13.2 Å². The fourth-order valence-electron chi connectivity index (χ4n) is 6.28. The third-order valence-corrected chi connectivity index (χ3v) is 9.01. The Kier molecular flexibility index (Phi) is 13.1. The van der Waals surface area contributed by atoms with Crippen molar-refractivity contribution in [2.75, 3.05) is 6.61 Å². The fraction of sp³-hybridized carbons (Fsp3) is 0.526. The van der Waals surface area contributed by atoms with Crippen LogP contribution in [-0.2, 0) is 11.2 Å². The number of hydrogen-bond acceptors (Lipinski definition) is 1. The summed E-state index contributed by atoms with van der Waals surface area (Å²) >= 11 is 0. The van der Waals surface area contributed by atoms with Gasteiger partial charge in [-0.25, -0.2) is 17.6 Å². The minimum Gasteiger partial charge on any atom is -0.373 e. The first-order valence-corrected chi connectivity index (χ1v) is 16.6. The molecule has 1 fully saturated rings. The number of halogens is 4. The number of ether oxygens (including phenoxy) is 1. The van der Waals surface area contributed by atoms with Crippen LogP contribution in [0.4, 0.5) is 17.6 Å². The average Bonchev–Trinajstić information content (AvgIpc) is 3.03. The van der Waals surface area contributed by atoms with Gasteiger partial charge in [0.05, 0.1) is 12.7 Å². The Morgan fingerprint density at radius 1 is 0.581 bits per heavy atom. The van der Waals surface area contributed by atoms with Crippen LogP contribution in [0.1, 0.15) is 121 Å². The summed E-state index contributed by atoms with van der Waals surface area (Å²) in [7, 11) is 0. The predicted octanol–water partition coefficient (Wildman–Crippen LogP) is 12.3. The second kappa shape index (κ2) is 17.0. The van der Waals surface area contributed by atoms with Gasteiger partial charge in [-0.15, -0.1) is 0 Å². The number of hydrogen-bond donors (Lipinski definition) is 0. The highest BCUT2D eigenvalue weighted by Gasteiger charge is 2.27. The molecular weight excluding hydrogens is 548 g/mol. The van der Waals surface area contributed by atoms with Gasteiger partial charge in [0, 0.05) is 16.7 Å². The molecule has 1 aliphatic heterocycles. The molecule has 0 bridgehead atoms. The Morgan fingerprint density at radius 2 is 1.14 bits per heavy atom. The van der Waals surface area contributed by atoms with Crippen LogP contribution in [0.3, 0.4) is 0 Å². The van der Waals surface area contributed by atoms with E-state index < -0.39 is 29.4 Å². The smallest absolute Gasteiger partial charge is 0.167 e. The molecule has 5 heteroatoms. The van der Waals surface area contributed by atoms with Gasteiger partial charge in [-0.1, -0.05) is 127 Å². The minimum absolute atomic E-state index is 0.134. The van der Waals surface area contributed by atoms with Gasteiger partial charge in [0.15, 0.2) is 23.3 Å². The van der Waals surface area contributed by atoms with Crippen molar-refractivity contribution in [3.63, 3.8) is 0 Å². The lowest BCUT2D eigenvalue weighted by molar-refractivity contribution is -0.0218. The lowest BCUT2D eigenvalue weighted by Crippen LogP contribution is -2.21. The average molecular weight is 597 g/mol. The molecule has 1 aliphatic rings. The van der Waals surface area contributed by atoms with Gasteiger partial charge in [-0.3, -0.25) is 0 Å². The van der Waals surface area contributed by atoms with E-state index in [1.807, 2.05) is 0 Å². The van der Waals surface area contributed by atoms with Crippen molar-refractivity contribution in [1.29, 1.82) is 0 Å². The molecule has 2 atom stereocenters. The summed E-state index contributed by atoms with van der Waals surface area (Å²) < 4.78 is 66.4. The monoisotopic (exact) mass is 596 g/mol. The van der Waals surface area contributed by atoms with E-state index in [4.69, 9.17) is 4.74 Å². The standard InChI is InChI=1S/C38H48F4O/c1-3-5-7-9-11-13-15-30-21-22-31(36(40)35(30)39)28-17-19-29(20-18-28)32-23-24-33(38(42)37(32)41)34-25-16-27(26-43-34)14-12-10-8-6-4-2/h17-24,27,34H,3-16,25-26H2,1-2H3. The molecule has 0 aromatic heterocycles. The molecule has 3 aromatic carbocycles. The highest BCUT2D eigenvalue weighted by atomic mass is 19.2. The number of benzene rings is 3. The van der Waals surface area contributed by atoms with Crippen molar-refractivity contribution in [2.45, 2.75) is 116 Å². The van der Waals surface area contributed by atoms with Crippen molar-refractivity contribution < 1.29 is 22.3 Å². The van der Waals surface area contributed by atoms with E-state index in [1.54, 1.807) is 48.5 Å². The zero-order chi connectivity index (χ0) is 30.6. The first kappa shape index (κ1) is 33.2. The van der Waals surface area contributed by atoms with Gasteiger partial charge >= 0.3 is 0 Å². The maximum Gasteiger partial charge on any atom is 0.167 e. The molecule has 0 amide bonds. The van der Waals surface area contributed by atoms with Crippen LogP contribution < -0.4 is 0 Å². The Labute approximate surface area is 256 Å². The van der Waals surface area contributed by atoms with Crippen molar-refractivity contribution in [1.82, 2.24) is 0 Å². The second-order valence-corrected chi connectivity index (χ2v) is 12.3. The van der Waals surface area contributed by atoms with Crippen molar-refractivity contribution in [3.8, 4) is 22.3 Å². The summed E-state index contributed by atoms with van der Waals surface area (Å²) in [6.07, 6.45) is 15.6. The van der Waals surface area contributed by atoms with E-state index in [1.165, 1.54) is 51.4 Å². The highest BCUT2D eigenvalue weighted by Crippen LogP contribution is 2.37. The fourth-order valence-corrected chi connectivity index (χ4v) is 6.28. The summed E-state index contributed by atoms with van der Waals surface area (Å²) in [5, 5.41) is 0. The van der Waals surface area contributed by atoms with Crippen molar-refractivity contribution in [2.24, 2.45) is 5.92 Å². The highest BCUT2D eigenvalue weighted by molar-refractivity contribution is 5.71. The molecule has 2 unspecified atom stereocenters. The third kappa shape index (κ3) is 8.94. The Hall–Kier alpha value is -2.66. The summed E-state index contributed by atoms with van der Waals surface area (Å²) in [5.74, 6) is -2.98. The lowest BCUT2D eigenvalue weighted by Gasteiger charge is -2.30. The van der Waals surface area contributed by atoms with Gasteiger partial charge in [-0.2, -0.15) is 0 Å². The molecule has 1 heterocycles. The molecule has 4 rings (SSSR count). The predicted molar refractivity (Wildman–Crippen MR) is 169 cm³/mol. The molecule has 0 N–H and O–H groups in total.